The number of nitrogens with zero attached hydrogens (tertiary/aromatic N) is 2. The number of hydrogen-bond donors (Lipinski definition) is 1. The first-order valence-electron chi connectivity index (χ1n) is 9.91. The maximum absolute atomic E-state index is 13.5. The largest absolute Gasteiger partial charge is 0.463 e. The molecule has 0 aliphatic carbocycles. The van der Waals surface area contributed by atoms with Crippen LogP contribution in [0.1, 0.15) is 24.0 Å². The van der Waals surface area contributed by atoms with Crippen molar-refractivity contribution in [2.24, 2.45) is 5.73 Å². The Kier molecular flexibility index (Phi) is 5.94. The van der Waals surface area contributed by atoms with Gasteiger partial charge in [0.1, 0.15) is 22.1 Å². The first-order chi connectivity index (χ1) is 15.8. The molecule has 1 aliphatic rings. The fourth-order valence-corrected chi connectivity index (χ4v) is 4.82. The summed E-state index contributed by atoms with van der Waals surface area (Å²) in [6.45, 7) is 1.71. The summed E-state index contributed by atoms with van der Waals surface area (Å²) in [5.41, 5.74) is 6.79. The van der Waals surface area contributed by atoms with Crippen molar-refractivity contribution in [3.8, 4) is 6.07 Å². The number of carbonyl (C=O) groups is 1. The molecule has 166 valence electrons. The maximum atomic E-state index is 13.5. The number of halogens is 2. The molecule has 2 aromatic carbocycles. The zero-order valence-corrected chi connectivity index (χ0v) is 18.2. The minimum absolute atomic E-state index is 0.0228. The van der Waals surface area contributed by atoms with E-state index in [9.17, 15) is 23.6 Å². The number of rotatable bonds is 4. The third kappa shape index (κ3) is 3.97. The lowest BCUT2D eigenvalue weighted by Crippen LogP contribution is -2.40. The highest BCUT2D eigenvalue weighted by molar-refractivity contribution is 7.07. The average molecular weight is 465 g/mol. The quantitative estimate of drug-likeness (QED) is 0.596. The van der Waals surface area contributed by atoms with Gasteiger partial charge in [-0.3, -0.25) is 9.36 Å². The smallest absolute Gasteiger partial charge is 0.338 e. The molecule has 9 heteroatoms. The Bertz CT molecular complexity index is 1490. The van der Waals surface area contributed by atoms with Crippen molar-refractivity contribution >= 4 is 34.8 Å². The summed E-state index contributed by atoms with van der Waals surface area (Å²) in [7, 11) is 0. The molecule has 1 aliphatic heterocycles. The lowest BCUT2D eigenvalue weighted by molar-refractivity contribution is -0.136. The van der Waals surface area contributed by atoms with Crippen LogP contribution in [-0.4, -0.2) is 17.1 Å². The maximum Gasteiger partial charge on any atom is 0.338 e. The van der Waals surface area contributed by atoms with Gasteiger partial charge in [0, 0.05) is 0 Å². The Morgan fingerprint density at radius 1 is 1.18 bits per heavy atom. The fourth-order valence-electron chi connectivity index (χ4n) is 3.65. The van der Waals surface area contributed by atoms with Gasteiger partial charge in [-0.2, -0.15) is 5.26 Å². The molecule has 2 heterocycles. The Hall–Kier alpha value is -4.03. The highest BCUT2D eigenvalue weighted by Crippen LogP contribution is 2.36. The van der Waals surface area contributed by atoms with Gasteiger partial charge in [-0.25, -0.2) is 13.6 Å². The standard InChI is InChI=1S/C24H17F2N3O3S/c1-2-32-24(31)20-19(14-5-9-16(26)10-6-14)17(12-27)21(28)29-22(30)18(33-23(20)29)11-13-3-7-15(25)8-4-13/h3-11,19H,2,28H2,1H3/b18-11-/t19-/m0/s1. The van der Waals surface area contributed by atoms with E-state index in [1.165, 1.54) is 48.5 Å². The van der Waals surface area contributed by atoms with Crippen molar-refractivity contribution in [1.82, 2.24) is 4.57 Å². The molecule has 4 rings (SSSR count). The topological polar surface area (TPSA) is 98.1 Å². The highest BCUT2D eigenvalue weighted by Gasteiger charge is 2.36. The number of ether oxygens (including phenoxy) is 1. The molecule has 1 aromatic heterocycles. The number of thiazole rings is 1. The summed E-state index contributed by atoms with van der Waals surface area (Å²) in [6.07, 6.45) is 1.55. The molecule has 0 radical (unpaired) electrons. The van der Waals surface area contributed by atoms with Crippen molar-refractivity contribution in [2.75, 3.05) is 6.61 Å². The van der Waals surface area contributed by atoms with E-state index < -0.39 is 29.1 Å². The van der Waals surface area contributed by atoms with Crippen molar-refractivity contribution in [1.29, 1.82) is 5.26 Å². The van der Waals surface area contributed by atoms with Gasteiger partial charge in [0.05, 0.1) is 34.3 Å². The van der Waals surface area contributed by atoms with Crippen LogP contribution in [0, 0.1) is 23.0 Å². The summed E-state index contributed by atoms with van der Waals surface area (Å²) in [6, 6.07) is 12.9. The van der Waals surface area contributed by atoms with Crippen LogP contribution >= 0.6 is 11.3 Å². The minimum atomic E-state index is -0.939. The van der Waals surface area contributed by atoms with Gasteiger partial charge in [0.15, 0.2) is 0 Å². The Labute approximate surface area is 190 Å². The summed E-state index contributed by atoms with van der Waals surface area (Å²) in [5, 5.41) is 9.88. The normalized spacial score (nSPS) is 15.9. The van der Waals surface area contributed by atoms with E-state index in [1.807, 2.05) is 6.07 Å². The molecule has 0 bridgehead atoms. The molecule has 0 fully saturated rings. The average Bonchev–Trinajstić information content (AvgIpc) is 3.11. The van der Waals surface area contributed by atoms with Gasteiger partial charge in [-0.1, -0.05) is 24.3 Å². The summed E-state index contributed by atoms with van der Waals surface area (Å²) >= 11 is 1.01. The van der Waals surface area contributed by atoms with Gasteiger partial charge in [0.2, 0.25) is 0 Å². The number of fused-ring (bicyclic) bond motifs is 1. The van der Waals surface area contributed by atoms with E-state index in [0.717, 1.165) is 15.9 Å². The number of nitriles is 1. The number of esters is 1. The molecular weight excluding hydrogens is 448 g/mol. The minimum Gasteiger partial charge on any atom is -0.463 e. The number of aromatic nitrogens is 1. The van der Waals surface area contributed by atoms with E-state index in [1.54, 1.807) is 13.0 Å². The van der Waals surface area contributed by atoms with Crippen LogP contribution in [0.2, 0.25) is 0 Å². The predicted octanol–water partition coefficient (Wildman–Crippen LogP) is 2.18. The van der Waals surface area contributed by atoms with Crippen LogP contribution in [0.4, 0.5) is 8.78 Å². The van der Waals surface area contributed by atoms with Crippen molar-refractivity contribution in [3.05, 3.63) is 96.4 Å². The molecular formula is C24H17F2N3O3S. The number of hydrogen-bond acceptors (Lipinski definition) is 6. The lowest BCUT2D eigenvalue weighted by atomic mass is 9.84. The Morgan fingerprint density at radius 3 is 2.36 bits per heavy atom. The number of nitrogens with two attached hydrogens (primary N) is 1. The molecule has 33 heavy (non-hydrogen) atoms. The van der Waals surface area contributed by atoms with Crippen LogP contribution in [0.25, 0.3) is 17.5 Å². The van der Waals surface area contributed by atoms with Gasteiger partial charge in [0.25, 0.3) is 5.56 Å². The Morgan fingerprint density at radius 2 is 1.79 bits per heavy atom. The first-order valence-corrected chi connectivity index (χ1v) is 10.7. The zero-order chi connectivity index (χ0) is 23.7. The molecule has 0 unspecified atom stereocenters. The molecule has 1 atom stereocenters. The third-order valence-corrected chi connectivity index (χ3v) is 6.24. The Balaban J connectivity index is 2.08. The van der Waals surface area contributed by atoms with Crippen LogP contribution in [0.15, 0.2) is 58.9 Å². The lowest BCUT2D eigenvalue weighted by Gasteiger charge is -2.24. The zero-order valence-electron chi connectivity index (χ0n) is 17.3. The molecule has 0 saturated carbocycles. The third-order valence-electron chi connectivity index (χ3n) is 5.14. The second kappa shape index (κ2) is 8.84. The molecule has 3 aromatic rings. The first kappa shape index (κ1) is 22.2. The summed E-state index contributed by atoms with van der Waals surface area (Å²) < 4.78 is 33.6. The van der Waals surface area contributed by atoms with Crippen molar-refractivity contribution in [3.63, 3.8) is 0 Å². The molecule has 0 saturated heterocycles. The molecule has 2 N–H and O–H groups in total. The van der Waals surface area contributed by atoms with Crippen LogP contribution in [0.3, 0.4) is 0 Å². The van der Waals surface area contributed by atoms with Crippen LogP contribution in [-0.2, 0) is 9.53 Å². The van der Waals surface area contributed by atoms with E-state index in [2.05, 4.69) is 0 Å². The van der Waals surface area contributed by atoms with Crippen LogP contribution < -0.4 is 20.5 Å². The van der Waals surface area contributed by atoms with Crippen molar-refractivity contribution in [2.45, 2.75) is 12.8 Å². The fraction of sp³-hybridized carbons (Fsp3) is 0.125. The number of carbonyl (C=O) groups excluding carboxylic acids is 1. The molecule has 0 spiro atoms. The monoisotopic (exact) mass is 465 g/mol. The second-order valence-corrected chi connectivity index (χ2v) is 8.17. The SMILES string of the molecule is CCOC(=O)C1=c2s/c(=C\c3ccc(F)cc3)c(=O)n2C(N)=C(C#N)[C@@H]1c1ccc(F)cc1. The highest BCUT2D eigenvalue weighted by atomic mass is 32.1. The van der Waals surface area contributed by atoms with E-state index in [-0.39, 0.29) is 32.8 Å². The van der Waals surface area contributed by atoms with E-state index >= 15 is 0 Å². The van der Waals surface area contributed by atoms with Gasteiger partial charge >= 0.3 is 5.97 Å². The number of benzene rings is 2. The van der Waals surface area contributed by atoms with Gasteiger partial charge in [-0.15, -0.1) is 11.3 Å². The van der Waals surface area contributed by atoms with Gasteiger partial charge < -0.3 is 10.5 Å². The summed E-state index contributed by atoms with van der Waals surface area (Å²) in [5.74, 6) is -2.66. The predicted molar refractivity (Wildman–Crippen MR) is 120 cm³/mol. The van der Waals surface area contributed by atoms with E-state index in [4.69, 9.17) is 10.5 Å². The summed E-state index contributed by atoms with van der Waals surface area (Å²) in [4.78, 5) is 26.2. The van der Waals surface area contributed by atoms with Gasteiger partial charge in [-0.05, 0) is 48.4 Å². The molecule has 6 nitrogen and oxygen atoms in total. The molecule has 0 amide bonds. The second-order valence-electron chi connectivity index (χ2n) is 7.14. The number of allylic oxidation sites excluding steroid dienone is 1. The van der Waals surface area contributed by atoms with E-state index in [0.29, 0.717) is 11.1 Å². The van der Waals surface area contributed by atoms with Crippen LogP contribution in [0.5, 0.6) is 0 Å². The van der Waals surface area contributed by atoms with Crippen molar-refractivity contribution < 1.29 is 18.3 Å².